The second kappa shape index (κ2) is 6.40. The smallest absolute Gasteiger partial charge is 0.328 e. The van der Waals surface area contributed by atoms with Crippen molar-refractivity contribution in [3.63, 3.8) is 0 Å². The van der Waals surface area contributed by atoms with Crippen LogP contribution in [-0.2, 0) is 14.3 Å². The summed E-state index contributed by atoms with van der Waals surface area (Å²) < 4.78 is 4.78. The lowest BCUT2D eigenvalue weighted by molar-refractivity contribution is -0.153. The molecule has 0 saturated heterocycles. The van der Waals surface area contributed by atoms with Gasteiger partial charge in [-0.15, -0.1) is 0 Å². The number of amides is 1. The van der Waals surface area contributed by atoms with Crippen molar-refractivity contribution in [1.29, 1.82) is 0 Å². The van der Waals surface area contributed by atoms with Crippen LogP contribution in [0.4, 0.5) is 0 Å². The van der Waals surface area contributed by atoms with E-state index >= 15 is 0 Å². The van der Waals surface area contributed by atoms with Crippen molar-refractivity contribution in [2.24, 2.45) is 0 Å². The summed E-state index contributed by atoms with van der Waals surface area (Å²) >= 11 is 0. The van der Waals surface area contributed by atoms with Gasteiger partial charge in [0.1, 0.15) is 6.04 Å². The predicted octanol–water partition coefficient (Wildman–Crippen LogP) is 0.167. The molecule has 0 radical (unpaired) electrons. The van der Waals surface area contributed by atoms with Gasteiger partial charge >= 0.3 is 5.97 Å². The van der Waals surface area contributed by atoms with E-state index in [1.165, 1.54) is 18.9 Å². The van der Waals surface area contributed by atoms with Gasteiger partial charge in [0.2, 0.25) is 5.91 Å². The highest BCUT2D eigenvalue weighted by molar-refractivity contribution is 5.84. The van der Waals surface area contributed by atoms with Crippen molar-refractivity contribution >= 4 is 11.9 Å². The maximum absolute atomic E-state index is 11.5. The van der Waals surface area contributed by atoms with E-state index in [-0.39, 0.29) is 12.3 Å². The molecule has 0 bridgehead atoms. The molecule has 0 spiro atoms. The molecule has 0 fully saturated rings. The third-order valence-electron chi connectivity index (χ3n) is 2.07. The van der Waals surface area contributed by atoms with Gasteiger partial charge < -0.3 is 14.7 Å². The molecule has 0 saturated carbocycles. The lowest BCUT2D eigenvalue weighted by Gasteiger charge is -2.23. The van der Waals surface area contributed by atoms with Gasteiger partial charge in [0.25, 0.3) is 0 Å². The summed E-state index contributed by atoms with van der Waals surface area (Å²) in [6.07, 6.45) is -0.686. The van der Waals surface area contributed by atoms with Gasteiger partial charge in [0.15, 0.2) is 0 Å². The summed E-state index contributed by atoms with van der Waals surface area (Å²) in [5, 5.41) is 9.03. The highest BCUT2D eigenvalue weighted by atomic mass is 16.5. The lowest BCUT2D eigenvalue weighted by Crippen LogP contribution is -2.42. The van der Waals surface area contributed by atoms with E-state index < -0.39 is 18.1 Å². The number of rotatable bonds is 5. The number of carbonyl (C=O) groups excluding carboxylic acids is 2. The Morgan fingerprint density at radius 2 is 1.93 bits per heavy atom. The highest BCUT2D eigenvalue weighted by Gasteiger charge is 2.23. The molecule has 0 aromatic heterocycles. The quantitative estimate of drug-likeness (QED) is 0.666. The van der Waals surface area contributed by atoms with Gasteiger partial charge in [-0.05, 0) is 20.8 Å². The highest BCUT2D eigenvalue weighted by Crippen LogP contribution is 2.03. The molecule has 1 amide bonds. The van der Waals surface area contributed by atoms with Crippen molar-refractivity contribution in [2.45, 2.75) is 39.3 Å². The largest absolute Gasteiger partial charge is 0.464 e. The maximum Gasteiger partial charge on any atom is 0.328 e. The topological polar surface area (TPSA) is 66.8 Å². The number of hydrogen-bond acceptors (Lipinski definition) is 4. The normalized spacial score (nSPS) is 14.2. The summed E-state index contributed by atoms with van der Waals surface area (Å²) in [6, 6.07) is -0.615. The van der Waals surface area contributed by atoms with Gasteiger partial charge in [-0.2, -0.15) is 0 Å². The molecule has 0 aliphatic carbocycles. The molecule has 5 nitrogen and oxygen atoms in total. The Morgan fingerprint density at radius 1 is 1.40 bits per heavy atom. The molecule has 88 valence electrons. The number of hydrogen-bond donors (Lipinski definition) is 1. The average molecular weight is 217 g/mol. The number of likely N-dealkylation sites (N-methyl/N-ethyl adjacent to an activating group) is 1. The van der Waals surface area contributed by atoms with E-state index in [1.54, 1.807) is 13.8 Å². The minimum absolute atomic E-state index is 0.0141. The molecule has 15 heavy (non-hydrogen) atoms. The van der Waals surface area contributed by atoms with Gasteiger partial charge in [0, 0.05) is 7.05 Å². The van der Waals surface area contributed by atoms with E-state index in [2.05, 4.69) is 0 Å². The molecular formula is C10H19NO4. The third-order valence-corrected chi connectivity index (χ3v) is 2.07. The van der Waals surface area contributed by atoms with Crippen LogP contribution in [0.5, 0.6) is 0 Å². The number of ether oxygens (including phenoxy) is 1. The van der Waals surface area contributed by atoms with Gasteiger partial charge in [-0.3, -0.25) is 4.79 Å². The van der Waals surface area contributed by atoms with Crippen LogP contribution in [0.1, 0.15) is 27.2 Å². The van der Waals surface area contributed by atoms with Crippen molar-refractivity contribution in [1.82, 2.24) is 4.90 Å². The number of nitrogens with zero attached hydrogens (tertiary/aromatic N) is 1. The van der Waals surface area contributed by atoms with Gasteiger partial charge in [-0.1, -0.05) is 0 Å². The molecule has 0 aromatic carbocycles. The molecule has 0 aliphatic heterocycles. The molecule has 0 aliphatic rings. The summed E-state index contributed by atoms with van der Waals surface area (Å²) in [5.74, 6) is -0.704. The molecule has 5 heteroatoms. The second-order valence-electron chi connectivity index (χ2n) is 3.49. The second-order valence-corrected chi connectivity index (χ2v) is 3.49. The van der Waals surface area contributed by atoms with E-state index in [4.69, 9.17) is 9.84 Å². The minimum atomic E-state index is -0.700. The molecule has 2 atom stereocenters. The summed E-state index contributed by atoms with van der Waals surface area (Å²) in [6.45, 7) is 5.13. The van der Waals surface area contributed by atoms with Crippen LogP contribution in [0.2, 0.25) is 0 Å². The summed E-state index contributed by atoms with van der Waals surface area (Å²) in [4.78, 5) is 24.0. The fourth-order valence-corrected chi connectivity index (χ4v) is 1.03. The van der Waals surface area contributed by atoms with Crippen LogP contribution in [-0.4, -0.2) is 47.7 Å². The van der Waals surface area contributed by atoms with Crippen LogP contribution < -0.4 is 0 Å². The third kappa shape index (κ3) is 4.78. The first kappa shape index (κ1) is 13.9. The van der Waals surface area contributed by atoms with Crippen LogP contribution in [0.25, 0.3) is 0 Å². The van der Waals surface area contributed by atoms with E-state index in [1.807, 2.05) is 0 Å². The Kier molecular flexibility index (Phi) is 5.93. The number of esters is 1. The van der Waals surface area contributed by atoms with Crippen LogP contribution in [0.3, 0.4) is 0 Å². The fourth-order valence-electron chi connectivity index (χ4n) is 1.03. The first-order valence-corrected chi connectivity index (χ1v) is 5.00. The number of aliphatic hydroxyl groups is 1. The minimum Gasteiger partial charge on any atom is -0.464 e. The SMILES string of the molecule is CCOC(=O)[C@@H](C)N(C)C(=O)C[C@@H](C)O. The van der Waals surface area contributed by atoms with Crippen molar-refractivity contribution in [2.75, 3.05) is 13.7 Å². The van der Waals surface area contributed by atoms with Gasteiger partial charge in [-0.25, -0.2) is 4.79 Å². The van der Waals surface area contributed by atoms with Gasteiger partial charge in [0.05, 0.1) is 19.1 Å². The van der Waals surface area contributed by atoms with E-state index in [0.717, 1.165) is 0 Å². The number of aliphatic hydroxyl groups excluding tert-OH is 1. The first-order valence-electron chi connectivity index (χ1n) is 5.00. The van der Waals surface area contributed by atoms with Crippen molar-refractivity contribution < 1.29 is 19.4 Å². The Bertz CT molecular complexity index is 227. The molecule has 0 heterocycles. The van der Waals surface area contributed by atoms with Crippen molar-refractivity contribution in [3.05, 3.63) is 0 Å². The van der Waals surface area contributed by atoms with E-state index in [9.17, 15) is 9.59 Å². The fraction of sp³-hybridized carbons (Fsp3) is 0.800. The number of carbonyl (C=O) groups is 2. The Hall–Kier alpha value is -1.10. The van der Waals surface area contributed by atoms with E-state index in [0.29, 0.717) is 6.61 Å². The van der Waals surface area contributed by atoms with Crippen molar-refractivity contribution in [3.8, 4) is 0 Å². The predicted molar refractivity (Wildman–Crippen MR) is 55.2 cm³/mol. The summed E-state index contributed by atoms with van der Waals surface area (Å²) in [7, 11) is 1.52. The Balaban J connectivity index is 4.24. The molecule has 1 N–H and O–H groups in total. The zero-order valence-electron chi connectivity index (χ0n) is 9.69. The lowest BCUT2D eigenvalue weighted by atomic mass is 10.2. The van der Waals surface area contributed by atoms with Crippen LogP contribution in [0.15, 0.2) is 0 Å². The molecule has 0 rings (SSSR count). The van der Waals surface area contributed by atoms with Crippen LogP contribution >= 0.6 is 0 Å². The summed E-state index contributed by atoms with van der Waals surface area (Å²) in [5.41, 5.74) is 0. The molecule has 0 aromatic rings. The average Bonchev–Trinajstić information content (AvgIpc) is 2.14. The zero-order chi connectivity index (χ0) is 12.0. The zero-order valence-corrected chi connectivity index (χ0v) is 9.69. The molecule has 0 unspecified atom stereocenters. The maximum atomic E-state index is 11.5. The Labute approximate surface area is 90.0 Å². The first-order chi connectivity index (χ1) is 6.90. The monoisotopic (exact) mass is 217 g/mol. The standard InChI is InChI=1S/C10H19NO4/c1-5-15-10(14)8(3)11(4)9(13)6-7(2)12/h7-8,12H,5-6H2,1-4H3/t7-,8-/m1/s1. The Morgan fingerprint density at radius 3 is 2.33 bits per heavy atom. The molecular weight excluding hydrogens is 198 g/mol. The van der Waals surface area contributed by atoms with Crippen LogP contribution in [0, 0.1) is 0 Å².